The van der Waals surface area contributed by atoms with E-state index in [0.717, 1.165) is 13.1 Å². The number of hydrogen-bond donors (Lipinski definition) is 2. The summed E-state index contributed by atoms with van der Waals surface area (Å²) in [6, 6.07) is 1.06. The van der Waals surface area contributed by atoms with E-state index in [4.69, 9.17) is 5.73 Å². The lowest BCUT2D eigenvalue weighted by molar-refractivity contribution is 0.270. The van der Waals surface area contributed by atoms with Crippen LogP contribution in [0.4, 0.5) is 0 Å². The smallest absolute Gasteiger partial charge is 0.0162 e. The summed E-state index contributed by atoms with van der Waals surface area (Å²) in [6.07, 6.45) is 0. The Labute approximate surface area is 76.3 Å². The summed E-state index contributed by atoms with van der Waals surface area (Å²) in [5.41, 5.74) is 5.47. The number of nitrogens with one attached hydrogen (secondary N) is 1. The molecule has 3 nitrogen and oxygen atoms in total. The molecule has 1 unspecified atom stereocenters. The summed E-state index contributed by atoms with van der Waals surface area (Å²) < 4.78 is 0. The van der Waals surface area contributed by atoms with Crippen molar-refractivity contribution in [3.63, 3.8) is 0 Å². The van der Waals surface area contributed by atoms with Gasteiger partial charge in [-0.2, -0.15) is 0 Å². The first-order valence-electron chi connectivity index (χ1n) is 4.71. The predicted molar refractivity (Wildman–Crippen MR) is 54.3 cm³/mol. The lowest BCUT2D eigenvalue weighted by atomic mass is 10.3. The Morgan fingerprint density at radius 1 is 1.33 bits per heavy atom. The highest BCUT2D eigenvalue weighted by Crippen LogP contribution is 1.90. The van der Waals surface area contributed by atoms with E-state index in [0.29, 0.717) is 18.6 Å². The van der Waals surface area contributed by atoms with Gasteiger partial charge in [0.15, 0.2) is 0 Å². The van der Waals surface area contributed by atoms with Gasteiger partial charge in [0.1, 0.15) is 0 Å². The zero-order valence-corrected chi connectivity index (χ0v) is 8.80. The van der Waals surface area contributed by atoms with E-state index in [1.165, 1.54) is 0 Å². The Hall–Kier alpha value is -0.120. The monoisotopic (exact) mass is 173 g/mol. The molecule has 0 rings (SSSR count). The second-order valence-corrected chi connectivity index (χ2v) is 3.67. The van der Waals surface area contributed by atoms with Gasteiger partial charge in [0, 0.05) is 31.7 Å². The molecular weight excluding hydrogens is 150 g/mol. The first-order valence-corrected chi connectivity index (χ1v) is 4.71. The molecule has 74 valence electrons. The van der Waals surface area contributed by atoms with Crippen LogP contribution in [0.2, 0.25) is 0 Å². The predicted octanol–water partition coefficient (Wildman–Crippen LogP) is 0.263. The van der Waals surface area contributed by atoms with Crippen LogP contribution in [0.25, 0.3) is 0 Å². The highest BCUT2D eigenvalue weighted by Gasteiger charge is 2.02. The maximum Gasteiger partial charge on any atom is 0.0162 e. The van der Waals surface area contributed by atoms with Crippen LogP contribution in [0.15, 0.2) is 0 Å². The van der Waals surface area contributed by atoms with Gasteiger partial charge < -0.3 is 16.0 Å². The molecule has 0 spiro atoms. The topological polar surface area (TPSA) is 41.3 Å². The molecule has 0 amide bonds. The van der Waals surface area contributed by atoms with Crippen LogP contribution in [0, 0.1) is 0 Å². The summed E-state index contributed by atoms with van der Waals surface area (Å²) in [7, 11) is 2.14. The minimum absolute atomic E-state index is 0.436. The van der Waals surface area contributed by atoms with Crippen molar-refractivity contribution in [3.05, 3.63) is 0 Å². The van der Waals surface area contributed by atoms with Crippen molar-refractivity contribution in [2.24, 2.45) is 5.73 Å². The van der Waals surface area contributed by atoms with Gasteiger partial charge in [0.2, 0.25) is 0 Å². The molecule has 0 fully saturated rings. The summed E-state index contributed by atoms with van der Waals surface area (Å²) in [5.74, 6) is 0. The Bertz CT molecular complexity index is 104. The minimum Gasteiger partial charge on any atom is -0.329 e. The molecule has 0 radical (unpaired) electrons. The molecule has 1 atom stereocenters. The van der Waals surface area contributed by atoms with Gasteiger partial charge in [-0.3, -0.25) is 0 Å². The second-order valence-electron chi connectivity index (χ2n) is 3.67. The zero-order valence-electron chi connectivity index (χ0n) is 8.80. The highest BCUT2D eigenvalue weighted by atomic mass is 15.1. The van der Waals surface area contributed by atoms with Crippen molar-refractivity contribution in [1.29, 1.82) is 0 Å². The molecule has 0 aromatic heterocycles. The zero-order chi connectivity index (χ0) is 9.56. The Balaban J connectivity index is 3.30. The van der Waals surface area contributed by atoms with Gasteiger partial charge in [-0.1, -0.05) is 0 Å². The van der Waals surface area contributed by atoms with Crippen LogP contribution >= 0.6 is 0 Å². The van der Waals surface area contributed by atoms with Gasteiger partial charge in [-0.15, -0.1) is 0 Å². The van der Waals surface area contributed by atoms with Gasteiger partial charge in [-0.25, -0.2) is 0 Å². The lowest BCUT2D eigenvalue weighted by Gasteiger charge is -2.22. The number of nitrogens with two attached hydrogens (primary N) is 1. The fourth-order valence-electron chi connectivity index (χ4n) is 0.829. The standard InChI is InChI=1S/C9H23N3/c1-8(2)12(4)6-5-11-9(3)7-10/h8-9,11H,5-7,10H2,1-4H3. The average Bonchev–Trinajstić information content (AvgIpc) is 2.03. The molecule has 0 heterocycles. The van der Waals surface area contributed by atoms with Crippen LogP contribution < -0.4 is 11.1 Å². The lowest BCUT2D eigenvalue weighted by Crippen LogP contribution is -2.39. The summed E-state index contributed by atoms with van der Waals surface area (Å²) in [4.78, 5) is 2.32. The van der Waals surface area contributed by atoms with Crippen molar-refractivity contribution in [2.45, 2.75) is 32.9 Å². The molecule has 12 heavy (non-hydrogen) atoms. The van der Waals surface area contributed by atoms with Crippen LogP contribution in [-0.4, -0.2) is 43.7 Å². The molecule has 0 aliphatic rings. The van der Waals surface area contributed by atoms with Crippen molar-refractivity contribution in [1.82, 2.24) is 10.2 Å². The van der Waals surface area contributed by atoms with Crippen LogP contribution in [-0.2, 0) is 0 Å². The van der Waals surface area contributed by atoms with E-state index in [2.05, 4.69) is 38.0 Å². The van der Waals surface area contributed by atoms with Crippen molar-refractivity contribution >= 4 is 0 Å². The molecule has 0 bridgehead atoms. The van der Waals surface area contributed by atoms with Gasteiger partial charge in [0.25, 0.3) is 0 Å². The molecule has 0 aliphatic heterocycles. The molecule has 0 aliphatic carbocycles. The van der Waals surface area contributed by atoms with E-state index >= 15 is 0 Å². The first kappa shape index (κ1) is 11.9. The molecule has 3 heteroatoms. The van der Waals surface area contributed by atoms with Crippen molar-refractivity contribution in [2.75, 3.05) is 26.7 Å². The molecule has 0 saturated carbocycles. The Kier molecular flexibility index (Phi) is 6.34. The SMILES string of the molecule is CC(CN)NCCN(C)C(C)C. The van der Waals surface area contributed by atoms with E-state index < -0.39 is 0 Å². The third-order valence-electron chi connectivity index (χ3n) is 2.19. The third-order valence-corrected chi connectivity index (χ3v) is 2.19. The van der Waals surface area contributed by atoms with Crippen molar-refractivity contribution in [3.8, 4) is 0 Å². The fraction of sp³-hybridized carbons (Fsp3) is 1.00. The maximum atomic E-state index is 5.47. The van der Waals surface area contributed by atoms with E-state index in [-0.39, 0.29) is 0 Å². The Morgan fingerprint density at radius 3 is 2.33 bits per heavy atom. The summed E-state index contributed by atoms with van der Waals surface area (Å²) >= 11 is 0. The third kappa shape index (κ3) is 5.52. The van der Waals surface area contributed by atoms with Crippen LogP contribution in [0.3, 0.4) is 0 Å². The molecule has 0 aromatic carbocycles. The van der Waals surface area contributed by atoms with Crippen LogP contribution in [0.5, 0.6) is 0 Å². The minimum atomic E-state index is 0.436. The maximum absolute atomic E-state index is 5.47. The summed E-state index contributed by atoms with van der Waals surface area (Å²) in [6.45, 7) is 9.33. The number of hydrogen-bond acceptors (Lipinski definition) is 3. The Morgan fingerprint density at radius 2 is 1.92 bits per heavy atom. The largest absolute Gasteiger partial charge is 0.329 e. The quantitative estimate of drug-likeness (QED) is 0.605. The highest BCUT2D eigenvalue weighted by molar-refractivity contribution is 4.63. The average molecular weight is 173 g/mol. The molecule has 0 saturated heterocycles. The number of rotatable bonds is 6. The number of likely N-dealkylation sites (N-methyl/N-ethyl adjacent to an activating group) is 1. The molecule has 0 aromatic rings. The summed E-state index contributed by atoms with van der Waals surface area (Å²) in [5, 5.41) is 3.35. The van der Waals surface area contributed by atoms with Gasteiger partial charge in [0.05, 0.1) is 0 Å². The van der Waals surface area contributed by atoms with Crippen LogP contribution in [0.1, 0.15) is 20.8 Å². The van der Waals surface area contributed by atoms with Crippen molar-refractivity contribution < 1.29 is 0 Å². The van der Waals surface area contributed by atoms with E-state index in [9.17, 15) is 0 Å². The van der Waals surface area contributed by atoms with E-state index in [1.54, 1.807) is 0 Å². The molecular formula is C9H23N3. The normalized spacial score (nSPS) is 14.2. The molecule has 3 N–H and O–H groups in total. The second kappa shape index (κ2) is 6.40. The van der Waals surface area contributed by atoms with Gasteiger partial charge in [-0.05, 0) is 27.8 Å². The van der Waals surface area contributed by atoms with E-state index in [1.807, 2.05) is 0 Å². The number of nitrogens with zero attached hydrogens (tertiary/aromatic N) is 1. The fourth-order valence-corrected chi connectivity index (χ4v) is 0.829. The van der Waals surface area contributed by atoms with Gasteiger partial charge >= 0.3 is 0 Å². The first-order chi connectivity index (χ1) is 5.57.